The molecule has 3 nitrogen and oxygen atoms in total. The van der Waals surface area contributed by atoms with Crippen LogP contribution in [0.1, 0.15) is 28.4 Å². The highest BCUT2D eigenvalue weighted by molar-refractivity contribution is 5.94. The maximum Gasteiger partial charge on any atom is 0.251 e. The summed E-state index contributed by atoms with van der Waals surface area (Å²) >= 11 is 0. The first-order valence-electron chi connectivity index (χ1n) is 6.40. The van der Waals surface area contributed by atoms with Crippen LogP contribution in [0.4, 0.5) is 5.69 Å². The molecule has 0 unspecified atom stereocenters. The summed E-state index contributed by atoms with van der Waals surface area (Å²) in [5.41, 5.74) is 9.27. The minimum atomic E-state index is -0.0837. The van der Waals surface area contributed by atoms with Gasteiger partial charge in [0.25, 0.3) is 5.91 Å². The average molecular weight is 254 g/mol. The molecule has 0 aromatic heterocycles. The quantitative estimate of drug-likeness (QED) is 0.824. The maximum absolute atomic E-state index is 11.9. The molecule has 0 bridgehead atoms. The summed E-state index contributed by atoms with van der Waals surface area (Å²) in [4.78, 5) is 11.9. The number of benzene rings is 2. The Morgan fingerprint density at radius 3 is 2.16 bits per heavy atom. The van der Waals surface area contributed by atoms with E-state index in [0.29, 0.717) is 17.8 Å². The molecule has 0 heterocycles. The molecule has 0 aliphatic rings. The Balaban J connectivity index is 1.94. The number of aryl methyl sites for hydroxylation is 1. The van der Waals surface area contributed by atoms with Crippen molar-refractivity contribution in [2.24, 2.45) is 0 Å². The Hall–Kier alpha value is -2.29. The fourth-order valence-electron chi connectivity index (χ4n) is 1.81. The molecule has 0 spiro atoms. The van der Waals surface area contributed by atoms with E-state index in [1.165, 1.54) is 5.56 Å². The van der Waals surface area contributed by atoms with Crippen LogP contribution in [0.2, 0.25) is 0 Å². The molecule has 0 saturated carbocycles. The van der Waals surface area contributed by atoms with Crippen LogP contribution in [0.15, 0.2) is 48.5 Å². The summed E-state index contributed by atoms with van der Waals surface area (Å²) in [6.45, 7) is 2.66. The number of nitrogens with two attached hydrogens (primary N) is 1. The van der Waals surface area contributed by atoms with Crippen LogP contribution >= 0.6 is 0 Å². The van der Waals surface area contributed by atoms with Crippen molar-refractivity contribution < 1.29 is 4.79 Å². The van der Waals surface area contributed by atoms with Crippen molar-refractivity contribution in [2.45, 2.75) is 19.9 Å². The van der Waals surface area contributed by atoms with Gasteiger partial charge in [0.2, 0.25) is 0 Å². The molecule has 2 aromatic rings. The molecule has 2 rings (SSSR count). The Morgan fingerprint density at radius 1 is 1.00 bits per heavy atom. The Labute approximate surface area is 113 Å². The van der Waals surface area contributed by atoms with E-state index >= 15 is 0 Å². The van der Waals surface area contributed by atoms with Crippen LogP contribution in [0.3, 0.4) is 0 Å². The zero-order valence-electron chi connectivity index (χ0n) is 11.0. The molecule has 0 fully saturated rings. The summed E-state index contributed by atoms with van der Waals surface area (Å²) in [6.07, 6.45) is 1.03. The largest absolute Gasteiger partial charge is 0.399 e. The lowest BCUT2D eigenvalue weighted by Crippen LogP contribution is -2.22. The number of anilines is 1. The van der Waals surface area contributed by atoms with E-state index < -0.39 is 0 Å². The molecule has 0 saturated heterocycles. The van der Waals surface area contributed by atoms with E-state index in [9.17, 15) is 4.79 Å². The van der Waals surface area contributed by atoms with Crippen molar-refractivity contribution in [1.82, 2.24) is 5.32 Å². The van der Waals surface area contributed by atoms with Crippen molar-refractivity contribution in [3.8, 4) is 0 Å². The van der Waals surface area contributed by atoms with Gasteiger partial charge in [-0.05, 0) is 41.8 Å². The number of nitrogen functional groups attached to an aromatic ring is 1. The fraction of sp³-hybridized carbons (Fsp3) is 0.188. The van der Waals surface area contributed by atoms with E-state index in [0.717, 1.165) is 12.0 Å². The number of hydrogen-bond acceptors (Lipinski definition) is 2. The van der Waals surface area contributed by atoms with Gasteiger partial charge in [-0.3, -0.25) is 4.79 Å². The first kappa shape index (κ1) is 13.1. The molecule has 1 amide bonds. The Bertz CT molecular complexity index is 544. The van der Waals surface area contributed by atoms with Gasteiger partial charge in [0, 0.05) is 17.8 Å². The van der Waals surface area contributed by atoms with Crippen LogP contribution in [-0.4, -0.2) is 5.91 Å². The maximum atomic E-state index is 11.9. The van der Waals surface area contributed by atoms with Crippen LogP contribution < -0.4 is 11.1 Å². The molecule has 0 aliphatic heterocycles. The van der Waals surface area contributed by atoms with E-state index in [-0.39, 0.29) is 5.91 Å². The Morgan fingerprint density at radius 2 is 1.58 bits per heavy atom. The number of hydrogen-bond donors (Lipinski definition) is 2. The molecule has 98 valence electrons. The predicted molar refractivity (Wildman–Crippen MR) is 77.8 cm³/mol. The average Bonchev–Trinajstić information content (AvgIpc) is 2.46. The topological polar surface area (TPSA) is 55.1 Å². The monoisotopic (exact) mass is 254 g/mol. The summed E-state index contributed by atoms with van der Waals surface area (Å²) in [5.74, 6) is -0.0837. The molecule has 0 atom stereocenters. The van der Waals surface area contributed by atoms with Gasteiger partial charge in [-0.15, -0.1) is 0 Å². The zero-order chi connectivity index (χ0) is 13.7. The molecule has 3 N–H and O–H groups in total. The number of carbonyl (C=O) groups is 1. The van der Waals surface area contributed by atoms with Gasteiger partial charge in [0.1, 0.15) is 0 Å². The van der Waals surface area contributed by atoms with Gasteiger partial charge in [-0.2, -0.15) is 0 Å². The van der Waals surface area contributed by atoms with Gasteiger partial charge in [-0.25, -0.2) is 0 Å². The molecule has 2 aromatic carbocycles. The molecule has 19 heavy (non-hydrogen) atoms. The van der Waals surface area contributed by atoms with Crippen molar-refractivity contribution in [3.05, 3.63) is 65.2 Å². The standard InChI is InChI=1S/C16H18N2O/c1-2-12-3-5-13(6-4-12)11-18-16(19)14-7-9-15(17)10-8-14/h3-10H,2,11,17H2,1H3,(H,18,19). The lowest BCUT2D eigenvalue weighted by molar-refractivity contribution is 0.0951. The molecular formula is C16H18N2O. The van der Waals surface area contributed by atoms with E-state index in [1.807, 2.05) is 12.1 Å². The molecule has 3 heteroatoms. The predicted octanol–water partition coefficient (Wildman–Crippen LogP) is 2.76. The van der Waals surface area contributed by atoms with Gasteiger partial charge < -0.3 is 11.1 Å². The SMILES string of the molecule is CCc1ccc(CNC(=O)c2ccc(N)cc2)cc1. The minimum absolute atomic E-state index is 0.0837. The van der Waals surface area contributed by atoms with E-state index in [2.05, 4.69) is 24.4 Å². The second kappa shape index (κ2) is 6.05. The lowest BCUT2D eigenvalue weighted by atomic mass is 10.1. The summed E-state index contributed by atoms with van der Waals surface area (Å²) in [7, 11) is 0. The third kappa shape index (κ3) is 3.58. The molecule has 0 aliphatic carbocycles. The zero-order valence-corrected chi connectivity index (χ0v) is 11.0. The first-order valence-corrected chi connectivity index (χ1v) is 6.40. The van der Waals surface area contributed by atoms with Crippen molar-refractivity contribution in [3.63, 3.8) is 0 Å². The van der Waals surface area contributed by atoms with Crippen LogP contribution in [0, 0.1) is 0 Å². The lowest BCUT2D eigenvalue weighted by Gasteiger charge is -2.06. The number of amides is 1. The second-order valence-electron chi connectivity index (χ2n) is 4.47. The minimum Gasteiger partial charge on any atom is -0.399 e. The van der Waals surface area contributed by atoms with E-state index in [1.54, 1.807) is 24.3 Å². The van der Waals surface area contributed by atoms with Gasteiger partial charge in [-0.1, -0.05) is 31.2 Å². The van der Waals surface area contributed by atoms with E-state index in [4.69, 9.17) is 5.73 Å². The van der Waals surface area contributed by atoms with Crippen LogP contribution in [0.25, 0.3) is 0 Å². The third-order valence-corrected chi connectivity index (χ3v) is 3.06. The van der Waals surface area contributed by atoms with Crippen molar-refractivity contribution in [2.75, 3.05) is 5.73 Å². The van der Waals surface area contributed by atoms with Gasteiger partial charge in [0.15, 0.2) is 0 Å². The molecule has 0 radical (unpaired) electrons. The van der Waals surface area contributed by atoms with Gasteiger partial charge >= 0.3 is 0 Å². The second-order valence-corrected chi connectivity index (χ2v) is 4.47. The highest BCUT2D eigenvalue weighted by Crippen LogP contribution is 2.07. The highest BCUT2D eigenvalue weighted by atomic mass is 16.1. The normalized spacial score (nSPS) is 10.2. The number of nitrogens with one attached hydrogen (secondary N) is 1. The summed E-state index contributed by atoms with van der Waals surface area (Å²) < 4.78 is 0. The number of rotatable bonds is 4. The first-order chi connectivity index (χ1) is 9.19. The van der Waals surface area contributed by atoms with Crippen molar-refractivity contribution in [1.29, 1.82) is 0 Å². The van der Waals surface area contributed by atoms with Gasteiger partial charge in [0.05, 0.1) is 0 Å². The number of carbonyl (C=O) groups excluding carboxylic acids is 1. The van der Waals surface area contributed by atoms with Crippen molar-refractivity contribution >= 4 is 11.6 Å². The Kier molecular flexibility index (Phi) is 4.18. The summed E-state index contributed by atoms with van der Waals surface area (Å²) in [6, 6.07) is 15.2. The van der Waals surface area contributed by atoms with Crippen LogP contribution in [-0.2, 0) is 13.0 Å². The summed E-state index contributed by atoms with van der Waals surface area (Å²) in [5, 5.41) is 2.89. The van der Waals surface area contributed by atoms with Crippen LogP contribution in [0.5, 0.6) is 0 Å². The highest BCUT2D eigenvalue weighted by Gasteiger charge is 2.04. The molecular weight excluding hydrogens is 236 g/mol. The third-order valence-electron chi connectivity index (χ3n) is 3.06. The fourth-order valence-corrected chi connectivity index (χ4v) is 1.81. The smallest absolute Gasteiger partial charge is 0.251 e.